The van der Waals surface area contributed by atoms with Gasteiger partial charge in [0.05, 0.1) is 0 Å². The van der Waals surface area contributed by atoms with Gasteiger partial charge in [-0.05, 0) is 19.8 Å². The molecule has 1 amide bonds. The lowest BCUT2D eigenvalue weighted by molar-refractivity contribution is -0.135. The topological polar surface area (TPSA) is 52.3 Å². The van der Waals surface area contributed by atoms with Crippen LogP contribution in [-0.4, -0.2) is 18.1 Å². The van der Waals surface area contributed by atoms with Gasteiger partial charge in [-0.15, -0.1) is 12.4 Å². The first-order chi connectivity index (χ1) is 4.15. The van der Waals surface area contributed by atoms with Crippen LogP contribution in [0.15, 0.2) is 0 Å². The number of primary amides is 1. The molecule has 0 aliphatic carbocycles. The van der Waals surface area contributed by atoms with Gasteiger partial charge >= 0.3 is 0 Å². The molecule has 1 fully saturated rings. The molecule has 2 N–H and O–H groups in total. The van der Waals surface area contributed by atoms with Crippen LogP contribution in [0.1, 0.15) is 19.8 Å². The number of carbonyl (C=O) groups is 1. The van der Waals surface area contributed by atoms with Crippen molar-refractivity contribution in [2.75, 3.05) is 6.61 Å². The lowest BCUT2D eigenvalue weighted by Gasteiger charge is -2.17. The van der Waals surface area contributed by atoms with Gasteiger partial charge in [0, 0.05) is 6.61 Å². The second-order valence-electron chi connectivity index (χ2n) is 2.55. The predicted molar refractivity (Wildman–Crippen MR) is 40.0 cm³/mol. The maximum absolute atomic E-state index is 10.6. The molecule has 1 heterocycles. The van der Waals surface area contributed by atoms with Crippen molar-refractivity contribution in [3.8, 4) is 0 Å². The number of amides is 1. The number of carbonyl (C=O) groups excluding carboxylic acids is 1. The molecule has 1 aliphatic rings. The summed E-state index contributed by atoms with van der Waals surface area (Å²) in [6, 6.07) is 0. The van der Waals surface area contributed by atoms with Crippen molar-refractivity contribution in [3.63, 3.8) is 0 Å². The molecule has 0 spiro atoms. The summed E-state index contributed by atoms with van der Waals surface area (Å²) in [5.41, 5.74) is 4.40. The second kappa shape index (κ2) is 3.21. The van der Waals surface area contributed by atoms with Crippen molar-refractivity contribution < 1.29 is 9.53 Å². The van der Waals surface area contributed by atoms with E-state index in [0.717, 1.165) is 12.8 Å². The minimum Gasteiger partial charge on any atom is -0.367 e. The summed E-state index contributed by atoms with van der Waals surface area (Å²) in [5, 5.41) is 0. The first kappa shape index (κ1) is 9.72. The molecule has 1 rings (SSSR count). The molecule has 0 radical (unpaired) electrons. The Bertz CT molecular complexity index is 132. The monoisotopic (exact) mass is 165 g/mol. The molecular weight excluding hydrogens is 154 g/mol. The third kappa shape index (κ3) is 1.61. The molecule has 1 saturated heterocycles. The van der Waals surface area contributed by atoms with Gasteiger partial charge in [-0.25, -0.2) is 0 Å². The number of halogens is 1. The number of rotatable bonds is 1. The Kier molecular flexibility index (Phi) is 3.12. The van der Waals surface area contributed by atoms with Crippen molar-refractivity contribution >= 4 is 18.3 Å². The van der Waals surface area contributed by atoms with Crippen LogP contribution in [-0.2, 0) is 9.53 Å². The zero-order valence-electron chi connectivity index (χ0n) is 5.92. The highest BCUT2D eigenvalue weighted by atomic mass is 35.5. The fourth-order valence-corrected chi connectivity index (χ4v) is 0.973. The SMILES string of the molecule is CC1(C(N)=O)CCCO1.Cl. The van der Waals surface area contributed by atoms with Crippen LogP contribution in [0.4, 0.5) is 0 Å². The Morgan fingerprint density at radius 3 is 2.50 bits per heavy atom. The highest BCUT2D eigenvalue weighted by Crippen LogP contribution is 2.23. The van der Waals surface area contributed by atoms with Gasteiger partial charge < -0.3 is 10.5 Å². The van der Waals surface area contributed by atoms with Gasteiger partial charge in [0.2, 0.25) is 5.91 Å². The number of hydrogen-bond acceptors (Lipinski definition) is 2. The minimum absolute atomic E-state index is 0. The molecule has 0 bridgehead atoms. The van der Waals surface area contributed by atoms with E-state index in [9.17, 15) is 4.79 Å². The quantitative estimate of drug-likeness (QED) is 0.614. The molecule has 3 nitrogen and oxygen atoms in total. The molecule has 60 valence electrons. The molecule has 0 aromatic carbocycles. The van der Waals surface area contributed by atoms with Crippen LogP contribution < -0.4 is 5.73 Å². The van der Waals surface area contributed by atoms with E-state index in [-0.39, 0.29) is 18.3 Å². The number of ether oxygens (including phenoxy) is 1. The molecule has 1 unspecified atom stereocenters. The van der Waals surface area contributed by atoms with E-state index in [0.29, 0.717) is 6.61 Å². The molecule has 0 saturated carbocycles. The fourth-order valence-electron chi connectivity index (χ4n) is 0.973. The summed E-state index contributed by atoms with van der Waals surface area (Å²) in [7, 11) is 0. The highest BCUT2D eigenvalue weighted by molar-refractivity contribution is 5.85. The zero-order valence-corrected chi connectivity index (χ0v) is 6.74. The summed E-state index contributed by atoms with van der Waals surface area (Å²) < 4.78 is 5.13. The summed E-state index contributed by atoms with van der Waals surface area (Å²) in [4.78, 5) is 10.6. The van der Waals surface area contributed by atoms with Crippen LogP contribution >= 0.6 is 12.4 Å². The Labute approximate surface area is 66.3 Å². The maximum Gasteiger partial charge on any atom is 0.249 e. The van der Waals surface area contributed by atoms with Gasteiger partial charge in [0.15, 0.2) is 0 Å². The van der Waals surface area contributed by atoms with Gasteiger partial charge in [-0.3, -0.25) is 4.79 Å². The van der Waals surface area contributed by atoms with E-state index < -0.39 is 5.60 Å². The van der Waals surface area contributed by atoms with Crippen LogP contribution in [0.2, 0.25) is 0 Å². The summed E-state index contributed by atoms with van der Waals surface area (Å²) in [6.45, 7) is 2.40. The van der Waals surface area contributed by atoms with Crippen LogP contribution in [0.3, 0.4) is 0 Å². The Balaban J connectivity index is 0.000000810. The molecule has 1 atom stereocenters. The Hall–Kier alpha value is -0.280. The van der Waals surface area contributed by atoms with Crippen molar-refractivity contribution in [2.45, 2.75) is 25.4 Å². The third-order valence-electron chi connectivity index (χ3n) is 1.74. The number of hydrogen-bond donors (Lipinski definition) is 1. The molecule has 0 aromatic heterocycles. The van der Waals surface area contributed by atoms with Crippen molar-refractivity contribution in [3.05, 3.63) is 0 Å². The minimum atomic E-state index is -0.667. The van der Waals surface area contributed by atoms with Gasteiger partial charge in [0.1, 0.15) is 5.60 Å². The fraction of sp³-hybridized carbons (Fsp3) is 0.833. The van der Waals surface area contributed by atoms with E-state index in [4.69, 9.17) is 10.5 Å². The summed E-state index contributed by atoms with van der Waals surface area (Å²) in [6.07, 6.45) is 1.71. The largest absolute Gasteiger partial charge is 0.367 e. The summed E-state index contributed by atoms with van der Waals surface area (Å²) in [5.74, 6) is -0.347. The van der Waals surface area contributed by atoms with Crippen molar-refractivity contribution in [1.29, 1.82) is 0 Å². The molecule has 4 heteroatoms. The second-order valence-corrected chi connectivity index (χ2v) is 2.55. The molecule has 1 aliphatic heterocycles. The lowest BCUT2D eigenvalue weighted by atomic mass is 10.0. The first-order valence-corrected chi connectivity index (χ1v) is 3.09. The van der Waals surface area contributed by atoms with Gasteiger partial charge in [0.25, 0.3) is 0 Å². The highest BCUT2D eigenvalue weighted by Gasteiger charge is 2.35. The average molecular weight is 166 g/mol. The van der Waals surface area contributed by atoms with Crippen molar-refractivity contribution in [2.24, 2.45) is 5.73 Å². The molecule has 0 aromatic rings. The van der Waals surface area contributed by atoms with E-state index in [2.05, 4.69) is 0 Å². The smallest absolute Gasteiger partial charge is 0.249 e. The van der Waals surface area contributed by atoms with E-state index in [1.165, 1.54) is 0 Å². The normalized spacial score (nSPS) is 31.3. The van der Waals surface area contributed by atoms with E-state index in [1.807, 2.05) is 0 Å². The standard InChI is InChI=1S/C6H11NO2.ClH/c1-6(5(7)8)3-2-4-9-6;/h2-4H2,1H3,(H2,7,8);1H. The molecular formula is C6H12ClNO2. The molecule has 10 heavy (non-hydrogen) atoms. The van der Waals surface area contributed by atoms with Gasteiger partial charge in [-0.2, -0.15) is 0 Å². The van der Waals surface area contributed by atoms with Crippen LogP contribution in [0, 0.1) is 0 Å². The third-order valence-corrected chi connectivity index (χ3v) is 1.74. The van der Waals surface area contributed by atoms with Crippen LogP contribution in [0.25, 0.3) is 0 Å². The predicted octanol–water partition coefficient (Wildman–Crippen LogP) is 0.463. The zero-order chi connectivity index (χ0) is 6.91. The average Bonchev–Trinajstić information content (AvgIpc) is 2.16. The van der Waals surface area contributed by atoms with E-state index >= 15 is 0 Å². The number of nitrogens with two attached hydrogens (primary N) is 1. The lowest BCUT2D eigenvalue weighted by Crippen LogP contribution is -2.40. The first-order valence-electron chi connectivity index (χ1n) is 3.09. The van der Waals surface area contributed by atoms with Gasteiger partial charge in [-0.1, -0.05) is 0 Å². The Morgan fingerprint density at radius 1 is 1.70 bits per heavy atom. The Morgan fingerprint density at radius 2 is 2.30 bits per heavy atom. The van der Waals surface area contributed by atoms with Crippen molar-refractivity contribution in [1.82, 2.24) is 0 Å². The van der Waals surface area contributed by atoms with Crippen LogP contribution in [0.5, 0.6) is 0 Å². The van der Waals surface area contributed by atoms with E-state index in [1.54, 1.807) is 6.92 Å². The summed E-state index contributed by atoms with van der Waals surface area (Å²) >= 11 is 0. The maximum atomic E-state index is 10.6.